The average Bonchev–Trinajstić information content (AvgIpc) is 3.50. The number of aromatic nitrogens is 3. The van der Waals surface area contributed by atoms with E-state index in [4.69, 9.17) is 4.42 Å². The van der Waals surface area contributed by atoms with E-state index in [-0.39, 0.29) is 24.0 Å². The van der Waals surface area contributed by atoms with Gasteiger partial charge in [0.1, 0.15) is 12.1 Å². The molecule has 35 heavy (non-hydrogen) atoms. The molecular weight excluding hydrogens is 449 g/mol. The molecule has 0 bridgehead atoms. The highest BCUT2D eigenvalue weighted by Crippen LogP contribution is 2.31. The number of carbonyl (C=O) groups excluding carboxylic acids is 2. The zero-order chi connectivity index (χ0) is 23.9. The first-order valence-electron chi connectivity index (χ1n) is 11.2. The van der Waals surface area contributed by atoms with Gasteiger partial charge in [-0.2, -0.15) is 0 Å². The molecular formula is C26H20FN5O3. The number of aromatic amines is 1. The van der Waals surface area contributed by atoms with E-state index in [9.17, 15) is 14.0 Å². The van der Waals surface area contributed by atoms with E-state index in [2.05, 4.69) is 20.3 Å². The highest BCUT2D eigenvalue weighted by molar-refractivity contribution is 5.95. The summed E-state index contributed by atoms with van der Waals surface area (Å²) in [6, 6.07) is 11.2. The molecule has 0 spiro atoms. The summed E-state index contributed by atoms with van der Waals surface area (Å²) in [6.45, 7) is 0.546. The lowest BCUT2D eigenvalue weighted by atomic mass is 9.97. The minimum atomic E-state index is -0.678. The molecule has 4 heterocycles. The van der Waals surface area contributed by atoms with E-state index in [0.717, 1.165) is 45.2 Å². The predicted molar refractivity (Wildman–Crippen MR) is 127 cm³/mol. The Hall–Kier alpha value is -4.53. The van der Waals surface area contributed by atoms with Crippen molar-refractivity contribution in [3.63, 3.8) is 0 Å². The van der Waals surface area contributed by atoms with E-state index >= 15 is 0 Å². The van der Waals surface area contributed by atoms with Crippen LogP contribution in [-0.2, 0) is 24.3 Å². The largest absolute Gasteiger partial charge is 0.459 e. The highest BCUT2D eigenvalue weighted by atomic mass is 19.1. The van der Waals surface area contributed by atoms with Crippen molar-refractivity contribution in [2.45, 2.75) is 25.6 Å². The van der Waals surface area contributed by atoms with E-state index < -0.39 is 6.04 Å². The number of hydrogen-bond acceptors (Lipinski definition) is 6. The number of halogens is 1. The van der Waals surface area contributed by atoms with Crippen LogP contribution in [0.3, 0.4) is 0 Å². The molecule has 0 fully saturated rings. The molecule has 174 valence electrons. The van der Waals surface area contributed by atoms with E-state index in [1.165, 1.54) is 23.3 Å². The number of H-pyrrole nitrogens is 1. The molecule has 1 aliphatic heterocycles. The van der Waals surface area contributed by atoms with Gasteiger partial charge in [-0.15, -0.1) is 0 Å². The zero-order valence-electron chi connectivity index (χ0n) is 18.5. The molecule has 1 atom stereocenters. The first-order chi connectivity index (χ1) is 17.1. The monoisotopic (exact) mass is 469 g/mol. The summed E-state index contributed by atoms with van der Waals surface area (Å²) >= 11 is 0. The maximum absolute atomic E-state index is 13.8. The van der Waals surface area contributed by atoms with Gasteiger partial charge in [-0.1, -0.05) is 0 Å². The molecule has 9 heteroatoms. The van der Waals surface area contributed by atoms with Crippen LogP contribution < -0.4 is 5.32 Å². The number of nitrogens with one attached hydrogen (secondary N) is 2. The minimum absolute atomic E-state index is 0.176. The van der Waals surface area contributed by atoms with Crippen molar-refractivity contribution in [3.05, 3.63) is 89.5 Å². The van der Waals surface area contributed by atoms with Crippen LogP contribution in [0.15, 0.2) is 65.5 Å². The Balaban J connectivity index is 1.24. The average molecular weight is 469 g/mol. The smallest absolute Gasteiger partial charge is 0.290 e. The molecule has 5 aromatic rings. The number of carbonyl (C=O) groups is 2. The maximum Gasteiger partial charge on any atom is 0.290 e. The Labute approximate surface area is 198 Å². The summed E-state index contributed by atoms with van der Waals surface area (Å²) < 4.78 is 19.4. The number of rotatable bonds is 5. The van der Waals surface area contributed by atoms with Crippen LogP contribution >= 0.6 is 0 Å². The van der Waals surface area contributed by atoms with Crippen LogP contribution in [0.2, 0.25) is 0 Å². The molecule has 2 aromatic carbocycles. The Bertz CT molecular complexity index is 1590. The van der Waals surface area contributed by atoms with Gasteiger partial charge in [0.25, 0.3) is 5.91 Å². The Morgan fingerprint density at radius 1 is 1.17 bits per heavy atom. The van der Waals surface area contributed by atoms with Crippen LogP contribution in [0.25, 0.3) is 21.9 Å². The van der Waals surface area contributed by atoms with Gasteiger partial charge >= 0.3 is 0 Å². The fraction of sp³-hybridized carbons (Fsp3) is 0.154. The standard InChI is InChI=1S/C26H20FN5O3/c27-16-1-3-21-19(9-16)20-11-18(14-33)32(13-24(20)31-21)26(34)25-15(5-8-35-25)12-30-17-2-4-22-23(10-17)29-7-6-28-22/h1-10,14,18,30-31H,11-13H2/t18-/m1/s1. The van der Waals surface area contributed by atoms with Gasteiger partial charge < -0.3 is 24.4 Å². The number of benzene rings is 2. The SMILES string of the molecule is O=C[C@H]1Cc2c([nH]c3ccc(F)cc23)CN1C(=O)c1occc1CNc1ccc2nccnc2c1. The summed E-state index contributed by atoms with van der Waals surface area (Å²) in [7, 11) is 0. The lowest BCUT2D eigenvalue weighted by molar-refractivity contribution is -0.112. The van der Waals surface area contributed by atoms with Gasteiger partial charge in [-0.3, -0.25) is 14.8 Å². The van der Waals surface area contributed by atoms with Gasteiger partial charge in [0.15, 0.2) is 5.76 Å². The Kier molecular flexibility index (Phi) is 5.02. The molecule has 0 unspecified atom stereocenters. The second-order valence-corrected chi connectivity index (χ2v) is 8.50. The van der Waals surface area contributed by atoms with E-state index in [1.54, 1.807) is 24.5 Å². The molecule has 6 rings (SSSR count). The van der Waals surface area contributed by atoms with Crippen molar-refractivity contribution in [3.8, 4) is 0 Å². The third-order valence-corrected chi connectivity index (χ3v) is 6.41. The van der Waals surface area contributed by atoms with Crippen LogP contribution in [-0.4, -0.2) is 38.1 Å². The van der Waals surface area contributed by atoms with Crippen molar-refractivity contribution < 1.29 is 18.4 Å². The fourth-order valence-corrected chi connectivity index (χ4v) is 4.66. The van der Waals surface area contributed by atoms with Crippen molar-refractivity contribution >= 4 is 39.8 Å². The van der Waals surface area contributed by atoms with Crippen LogP contribution in [0.1, 0.15) is 27.4 Å². The number of aldehydes is 1. The third kappa shape index (κ3) is 3.71. The number of amides is 1. The first-order valence-corrected chi connectivity index (χ1v) is 11.2. The highest BCUT2D eigenvalue weighted by Gasteiger charge is 2.34. The lowest BCUT2D eigenvalue weighted by Crippen LogP contribution is -2.45. The van der Waals surface area contributed by atoms with Gasteiger partial charge in [0, 0.05) is 53.2 Å². The minimum Gasteiger partial charge on any atom is -0.459 e. The molecule has 8 nitrogen and oxygen atoms in total. The van der Waals surface area contributed by atoms with Crippen LogP contribution in [0.5, 0.6) is 0 Å². The van der Waals surface area contributed by atoms with Crippen molar-refractivity contribution in [1.82, 2.24) is 19.9 Å². The Morgan fingerprint density at radius 2 is 2.03 bits per heavy atom. The number of furan rings is 1. The van der Waals surface area contributed by atoms with Crippen LogP contribution in [0.4, 0.5) is 10.1 Å². The van der Waals surface area contributed by atoms with E-state index in [0.29, 0.717) is 18.5 Å². The Morgan fingerprint density at radius 3 is 2.89 bits per heavy atom. The molecule has 0 saturated carbocycles. The van der Waals surface area contributed by atoms with Crippen molar-refractivity contribution in [2.75, 3.05) is 5.32 Å². The van der Waals surface area contributed by atoms with Gasteiger partial charge in [0.2, 0.25) is 0 Å². The van der Waals surface area contributed by atoms with Gasteiger partial charge in [-0.05, 0) is 48.0 Å². The summed E-state index contributed by atoms with van der Waals surface area (Å²) in [4.78, 5) is 38.8. The van der Waals surface area contributed by atoms with Crippen molar-refractivity contribution in [2.24, 2.45) is 0 Å². The number of nitrogens with zero attached hydrogens (tertiary/aromatic N) is 3. The van der Waals surface area contributed by atoms with Crippen LogP contribution in [0, 0.1) is 5.82 Å². The van der Waals surface area contributed by atoms with Gasteiger partial charge in [-0.25, -0.2) is 4.39 Å². The maximum atomic E-state index is 13.8. The fourth-order valence-electron chi connectivity index (χ4n) is 4.66. The second kappa shape index (κ2) is 8.35. The summed E-state index contributed by atoms with van der Waals surface area (Å²) in [5.41, 5.74) is 5.48. The predicted octanol–water partition coefficient (Wildman–Crippen LogP) is 4.22. The van der Waals surface area contributed by atoms with Crippen molar-refractivity contribution in [1.29, 1.82) is 0 Å². The second-order valence-electron chi connectivity index (χ2n) is 8.50. The molecule has 0 radical (unpaired) electrons. The molecule has 0 saturated heterocycles. The molecule has 2 N–H and O–H groups in total. The summed E-state index contributed by atoms with van der Waals surface area (Å²) in [5, 5.41) is 4.03. The third-order valence-electron chi connectivity index (χ3n) is 6.41. The molecule has 3 aromatic heterocycles. The normalized spacial score (nSPS) is 15.3. The number of fused-ring (bicyclic) bond motifs is 4. The molecule has 1 aliphatic rings. The lowest BCUT2D eigenvalue weighted by Gasteiger charge is -2.32. The first kappa shape index (κ1) is 21.0. The number of hydrogen-bond donors (Lipinski definition) is 2. The number of anilines is 1. The zero-order valence-corrected chi connectivity index (χ0v) is 18.5. The molecule has 1 amide bonds. The van der Waals surface area contributed by atoms with Gasteiger partial charge in [0.05, 0.1) is 29.9 Å². The van der Waals surface area contributed by atoms with E-state index in [1.807, 2.05) is 18.2 Å². The summed E-state index contributed by atoms with van der Waals surface area (Å²) in [5.74, 6) is -0.536. The molecule has 0 aliphatic carbocycles. The summed E-state index contributed by atoms with van der Waals surface area (Å²) in [6.07, 6.45) is 5.81. The topological polar surface area (TPSA) is 104 Å². The quantitative estimate of drug-likeness (QED) is 0.374.